The van der Waals surface area contributed by atoms with E-state index < -0.39 is 59.9 Å². The van der Waals surface area contributed by atoms with Crippen LogP contribution < -0.4 is 5.32 Å². The lowest BCUT2D eigenvalue weighted by Gasteiger charge is -2.41. The van der Waals surface area contributed by atoms with E-state index in [2.05, 4.69) is 23.3 Å². The maximum Gasteiger partial charge on any atom is 0.397 e. The number of hydrogen-bond donors (Lipinski definition) is 6. The standard InChI is InChI=1S/C67H131NO11S/c1-3-5-7-9-11-13-15-17-19-21-23-25-27-29-30-31-33-35-37-39-41-43-45-47-49-51-53-55-57-63(71)68-60(59-77-67-65(73)66(79-80(74,75)76)64(72)62(58-69)78-67)61(70)56-54-52-50-48-46-44-42-40-38-36-34-32-28-26-24-22-20-18-16-14-12-10-8-6-4-2/h54,56,60-62,64-67,69-70,72-73H,3-53,55,57-59H2,1-2H3,(H,68,71)(H,74,75,76)/b56-54+. The summed E-state index contributed by atoms with van der Waals surface area (Å²) < 4.78 is 48.0. The first-order chi connectivity index (χ1) is 39.0. The van der Waals surface area contributed by atoms with Gasteiger partial charge in [0, 0.05) is 6.42 Å². The zero-order chi connectivity index (χ0) is 58.3. The number of ether oxygens (including phenoxy) is 2. The SMILES string of the molecule is CCCCCCCCCCCCCCCCCCCCCCCCC/C=C/C(O)C(COC1OC(CO)C(O)C(OS(=O)(=O)O)C1O)NC(=O)CCCCCCCCCCCCCCCCCCCCCCCCCCCCCC. The lowest BCUT2D eigenvalue weighted by molar-refractivity contribution is -0.298. The van der Waals surface area contributed by atoms with E-state index in [1.807, 2.05) is 6.08 Å². The van der Waals surface area contributed by atoms with Crippen LogP contribution in [0.3, 0.4) is 0 Å². The van der Waals surface area contributed by atoms with E-state index in [4.69, 9.17) is 9.47 Å². The van der Waals surface area contributed by atoms with E-state index in [9.17, 15) is 38.2 Å². The monoisotopic (exact) mass is 1160 g/mol. The second kappa shape index (κ2) is 56.9. The van der Waals surface area contributed by atoms with Crippen LogP contribution in [-0.2, 0) is 28.9 Å². The predicted octanol–water partition coefficient (Wildman–Crippen LogP) is 17.7. The Morgan fingerprint density at radius 2 is 0.787 bits per heavy atom. The molecule has 1 fully saturated rings. The summed E-state index contributed by atoms with van der Waals surface area (Å²) in [5.41, 5.74) is 0. The molecule has 13 heteroatoms. The molecule has 1 amide bonds. The third-order valence-electron chi connectivity index (χ3n) is 16.8. The van der Waals surface area contributed by atoms with Crippen LogP contribution in [-0.4, -0.2) is 95.4 Å². The number of nitrogens with one attached hydrogen (secondary N) is 1. The van der Waals surface area contributed by atoms with Gasteiger partial charge in [-0.05, 0) is 19.3 Å². The van der Waals surface area contributed by atoms with Crippen molar-refractivity contribution in [2.24, 2.45) is 0 Å². The van der Waals surface area contributed by atoms with E-state index in [0.717, 1.165) is 38.5 Å². The first-order valence-electron chi connectivity index (χ1n) is 34.6. The smallest absolute Gasteiger partial charge is 0.394 e. The first kappa shape index (κ1) is 76.9. The molecule has 0 bridgehead atoms. The Kier molecular flexibility index (Phi) is 54.7. The van der Waals surface area contributed by atoms with Gasteiger partial charge in [-0.3, -0.25) is 9.35 Å². The molecule has 0 saturated carbocycles. The number of amides is 1. The highest BCUT2D eigenvalue weighted by Gasteiger charge is 2.48. The Labute approximate surface area is 493 Å². The summed E-state index contributed by atoms with van der Waals surface area (Å²) >= 11 is 0. The molecule has 12 nitrogen and oxygen atoms in total. The molecule has 7 atom stereocenters. The molecule has 476 valence electrons. The Morgan fingerprint density at radius 1 is 0.487 bits per heavy atom. The number of hydrogen-bond acceptors (Lipinski definition) is 10. The molecule has 1 rings (SSSR count). The van der Waals surface area contributed by atoms with Crippen molar-refractivity contribution < 1.29 is 51.8 Å². The maximum atomic E-state index is 13.2. The molecular formula is C67H131NO11S. The number of carbonyl (C=O) groups is 1. The Hall–Kier alpha value is -1.16. The van der Waals surface area contributed by atoms with Gasteiger partial charge in [-0.25, -0.2) is 4.18 Å². The molecule has 7 unspecified atom stereocenters. The van der Waals surface area contributed by atoms with Gasteiger partial charge in [-0.1, -0.05) is 341 Å². The summed E-state index contributed by atoms with van der Waals surface area (Å²) in [4.78, 5) is 13.2. The third kappa shape index (κ3) is 48.1. The molecule has 80 heavy (non-hydrogen) atoms. The van der Waals surface area contributed by atoms with Crippen molar-refractivity contribution in [1.82, 2.24) is 5.32 Å². The molecule has 0 aromatic carbocycles. The van der Waals surface area contributed by atoms with Gasteiger partial charge in [0.05, 0.1) is 25.4 Å². The van der Waals surface area contributed by atoms with Crippen molar-refractivity contribution in [1.29, 1.82) is 0 Å². The number of unbranched alkanes of at least 4 members (excludes halogenated alkanes) is 50. The van der Waals surface area contributed by atoms with E-state index in [1.165, 1.54) is 289 Å². The summed E-state index contributed by atoms with van der Waals surface area (Å²) in [6, 6.07) is -0.942. The summed E-state index contributed by atoms with van der Waals surface area (Å²) in [6.45, 7) is 3.47. The van der Waals surface area contributed by atoms with Crippen LogP contribution in [0.4, 0.5) is 0 Å². The first-order valence-corrected chi connectivity index (χ1v) is 35.9. The van der Waals surface area contributed by atoms with Gasteiger partial charge >= 0.3 is 10.4 Å². The van der Waals surface area contributed by atoms with Crippen LogP contribution in [0.5, 0.6) is 0 Å². The molecular weight excluding hydrogens is 1030 g/mol. The number of rotatable bonds is 62. The van der Waals surface area contributed by atoms with Gasteiger partial charge in [0.25, 0.3) is 0 Å². The molecule has 0 spiro atoms. The minimum Gasteiger partial charge on any atom is -0.394 e. The topological polar surface area (TPSA) is 192 Å². The highest BCUT2D eigenvalue weighted by Crippen LogP contribution is 2.26. The largest absolute Gasteiger partial charge is 0.397 e. The zero-order valence-electron chi connectivity index (χ0n) is 52.2. The molecule has 0 radical (unpaired) electrons. The minimum atomic E-state index is -5.09. The zero-order valence-corrected chi connectivity index (χ0v) is 53.0. The van der Waals surface area contributed by atoms with Crippen LogP contribution in [0.15, 0.2) is 12.2 Å². The Morgan fingerprint density at radius 3 is 1.09 bits per heavy atom. The lowest BCUT2D eigenvalue weighted by atomic mass is 9.99. The van der Waals surface area contributed by atoms with Gasteiger partial charge in [-0.15, -0.1) is 0 Å². The number of aliphatic hydroxyl groups excluding tert-OH is 4. The van der Waals surface area contributed by atoms with E-state index in [1.54, 1.807) is 6.08 Å². The fraction of sp³-hybridized carbons (Fsp3) is 0.955. The summed E-state index contributed by atoms with van der Waals surface area (Å²) in [6.07, 6.45) is 62.8. The molecule has 6 N–H and O–H groups in total. The van der Waals surface area contributed by atoms with Gasteiger partial charge in [0.15, 0.2) is 6.29 Å². The Bertz CT molecular complexity index is 1450. The molecule has 1 aliphatic rings. The summed E-state index contributed by atoms with van der Waals surface area (Å²) in [5.74, 6) is -0.253. The van der Waals surface area contributed by atoms with Crippen LogP contribution >= 0.6 is 0 Å². The fourth-order valence-electron chi connectivity index (χ4n) is 11.5. The van der Waals surface area contributed by atoms with Crippen LogP contribution in [0, 0.1) is 0 Å². The summed E-state index contributed by atoms with van der Waals surface area (Å²) in [5, 5.41) is 45.2. The van der Waals surface area contributed by atoms with E-state index in [-0.39, 0.29) is 18.9 Å². The number of carbonyl (C=O) groups excluding carboxylic acids is 1. The van der Waals surface area contributed by atoms with Gasteiger partial charge in [-0.2, -0.15) is 8.42 Å². The normalized spacial score (nSPS) is 18.6. The maximum absolute atomic E-state index is 13.2. The number of allylic oxidation sites excluding steroid dienone is 1. The molecule has 1 heterocycles. The fourth-order valence-corrected chi connectivity index (χ4v) is 12.0. The lowest BCUT2D eigenvalue weighted by Crippen LogP contribution is -2.61. The second-order valence-electron chi connectivity index (χ2n) is 24.5. The number of aliphatic hydroxyl groups is 4. The molecule has 0 aromatic rings. The highest BCUT2D eigenvalue weighted by atomic mass is 32.3. The van der Waals surface area contributed by atoms with Crippen molar-refractivity contribution >= 4 is 16.3 Å². The molecule has 1 saturated heterocycles. The van der Waals surface area contributed by atoms with Gasteiger partial charge < -0.3 is 35.2 Å². The Balaban J connectivity index is 2.26. The average Bonchev–Trinajstić information content (AvgIpc) is 3.43. The highest BCUT2D eigenvalue weighted by molar-refractivity contribution is 7.80. The van der Waals surface area contributed by atoms with Crippen molar-refractivity contribution in [3.63, 3.8) is 0 Å². The molecule has 0 aromatic heterocycles. The van der Waals surface area contributed by atoms with Gasteiger partial charge in [0.2, 0.25) is 5.91 Å². The van der Waals surface area contributed by atoms with Crippen LogP contribution in [0.2, 0.25) is 0 Å². The van der Waals surface area contributed by atoms with Crippen LogP contribution in [0.25, 0.3) is 0 Å². The minimum absolute atomic E-state index is 0.253. The van der Waals surface area contributed by atoms with E-state index in [0.29, 0.717) is 6.42 Å². The predicted molar refractivity (Wildman–Crippen MR) is 333 cm³/mol. The van der Waals surface area contributed by atoms with Crippen molar-refractivity contribution in [3.8, 4) is 0 Å². The molecule has 0 aliphatic carbocycles. The van der Waals surface area contributed by atoms with Crippen molar-refractivity contribution in [2.45, 2.75) is 397 Å². The van der Waals surface area contributed by atoms with Crippen molar-refractivity contribution in [2.75, 3.05) is 13.2 Å². The molecule has 1 aliphatic heterocycles. The van der Waals surface area contributed by atoms with Crippen molar-refractivity contribution in [3.05, 3.63) is 12.2 Å². The van der Waals surface area contributed by atoms with Gasteiger partial charge in [0.1, 0.15) is 24.4 Å². The quantitative estimate of drug-likeness (QED) is 0.0193. The van der Waals surface area contributed by atoms with Crippen LogP contribution in [0.1, 0.15) is 354 Å². The second-order valence-corrected chi connectivity index (χ2v) is 25.5. The average molecular weight is 1160 g/mol. The summed E-state index contributed by atoms with van der Waals surface area (Å²) in [7, 11) is -5.09. The van der Waals surface area contributed by atoms with E-state index >= 15 is 0 Å². The third-order valence-corrected chi connectivity index (χ3v) is 17.3.